The second kappa shape index (κ2) is 4.49. The van der Waals surface area contributed by atoms with Gasteiger partial charge in [-0.25, -0.2) is 0 Å². The molecule has 1 amide bonds. The zero-order valence-corrected chi connectivity index (χ0v) is 9.24. The van der Waals surface area contributed by atoms with Crippen LogP contribution in [0.3, 0.4) is 0 Å². The number of hydrogen-bond acceptors (Lipinski definition) is 3. The van der Waals surface area contributed by atoms with E-state index in [1.54, 1.807) is 0 Å². The number of amides is 1. The quantitative estimate of drug-likeness (QED) is 0.696. The minimum absolute atomic E-state index is 0.0257. The third-order valence-electron chi connectivity index (χ3n) is 3.61. The summed E-state index contributed by atoms with van der Waals surface area (Å²) in [7, 11) is 0. The van der Waals surface area contributed by atoms with E-state index in [1.165, 1.54) is 0 Å². The van der Waals surface area contributed by atoms with E-state index in [0.29, 0.717) is 6.61 Å². The van der Waals surface area contributed by atoms with E-state index in [2.05, 4.69) is 5.32 Å². The molecular formula is C11H20N2O2. The fourth-order valence-corrected chi connectivity index (χ4v) is 2.53. The summed E-state index contributed by atoms with van der Waals surface area (Å²) >= 11 is 0. The molecule has 4 atom stereocenters. The van der Waals surface area contributed by atoms with Gasteiger partial charge in [0.2, 0.25) is 5.91 Å². The highest BCUT2D eigenvalue weighted by Gasteiger charge is 2.33. The van der Waals surface area contributed by atoms with Crippen molar-refractivity contribution in [2.45, 2.75) is 50.8 Å². The van der Waals surface area contributed by atoms with Crippen molar-refractivity contribution in [1.82, 2.24) is 5.32 Å². The smallest absolute Gasteiger partial charge is 0.226 e. The normalized spacial score (nSPS) is 40.7. The lowest BCUT2D eigenvalue weighted by atomic mass is 10.0. The molecule has 86 valence electrons. The maximum Gasteiger partial charge on any atom is 0.226 e. The zero-order chi connectivity index (χ0) is 10.8. The SMILES string of the molecule is CC1OCCC1C(=O)NC1CCCC1N. The minimum Gasteiger partial charge on any atom is -0.378 e. The number of hydrogen-bond donors (Lipinski definition) is 2. The van der Waals surface area contributed by atoms with Crippen molar-refractivity contribution >= 4 is 5.91 Å². The summed E-state index contributed by atoms with van der Waals surface area (Å²) in [5.41, 5.74) is 5.91. The first-order valence-electron chi connectivity index (χ1n) is 5.86. The van der Waals surface area contributed by atoms with Crippen LogP contribution in [0, 0.1) is 5.92 Å². The molecule has 1 saturated heterocycles. The Morgan fingerprint density at radius 1 is 1.40 bits per heavy atom. The van der Waals surface area contributed by atoms with Gasteiger partial charge in [0.1, 0.15) is 0 Å². The molecule has 0 bridgehead atoms. The molecule has 0 spiro atoms. The molecule has 0 radical (unpaired) electrons. The van der Waals surface area contributed by atoms with E-state index >= 15 is 0 Å². The van der Waals surface area contributed by atoms with Crippen molar-refractivity contribution in [3.05, 3.63) is 0 Å². The van der Waals surface area contributed by atoms with Crippen LogP contribution >= 0.6 is 0 Å². The molecule has 1 saturated carbocycles. The van der Waals surface area contributed by atoms with E-state index in [4.69, 9.17) is 10.5 Å². The highest BCUT2D eigenvalue weighted by Crippen LogP contribution is 2.22. The number of carbonyl (C=O) groups is 1. The van der Waals surface area contributed by atoms with Gasteiger partial charge in [-0.15, -0.1) is 0 Å². The Labute approximate surface area is 90.5 Å². The number of ether oxygens (including phenoxy) is 1. The van der Waals surface area contributed by atoms with Crippen molar-refractivity contribution in [3.63, 3.8) is 0 Å². The highest BCUT2D eigenvalue weighted by molar-refractivity contribution is 5.79. The lowest BCUT2D eigenvalue weighted by Crippen LogP contribution is -2.47. The van der Waals surface area contributed by atoms with Crippen LogP contribution < -0.4 is 11.1 Å². The molecule has 1 heterocycles. The summed E-state index contributed by atoms with van der Waals surface area (Å²) in [6.45, 7) is 2.67. The summed E-state index contributed by atoms with van der Waals surface area (Å²) in [4.78, 5) is 11.9. The number of nitrogens with two attached hydrogens (primary N) is 1. The average Bonchev–Trinajstić information content (AvgIpc) is 2.76. The molecule has 4 unspecified atom stereocenters. The molecule has 2 fully saturated rings. The van der Waals surface area contributed by atoms with E-state index in [1.807, 2.05) is 6.92 Å². The Kier molecular flexibility index (Phi) is 3.26. The molecular weight excluding hydrogens is 192 g/mol. The van der Waals surface area contributed by atoms with Gasteiger partial charge in [0, 0.05) is 18.7 Å². The van der Waals surface area contributed by atoms with Crippen LogP contribution in [0.4, 0.5) is 0 Å². The monoisotopic (exact) mass is 212 g/mol. The van der Waals surface area contributed by atoms with E-state index in [-0.39, 0.29) is 30.0 Å². The lowest BCUT2D eigenvalue weighted by molar-refractivity contribution is -0.127. The standard InChI is InChI=1S/C11H20N2O2/c1-7-8(5-6-15-7)11(14)13-10-4-2-3-9(10)12/h7-10H,2-6,12H2,1H3,(H,13,14). The molecule has 3 N–H and O–H groups in total. The van der Waals surface area contributed by atoms with Gasteiger partial charge >= 0.3 is 0 Å². The molecule has 0 aromatic rings. The zero-order valence-electron chi connectivity index (χ0n) is 9.24. The van der Waals surface area contributed by atoms with Crippen molar-refractivity contribution in [1.29, 1.82) is 0 Å². The van der Waals surface area contributed by atoms with Crippen LogP contribution in [0.2, 0.25) is 0 Å². The first-order valence-corrected chi connectivity index (χ1v) is 5.86. The van der Waals surface area contributed by atoms with Gasteiger partial charge in [-0.3, -0.25) is 4.79 Å². The first-order chi connectivity index (χ1) is 7.18. The summed E-state index contributed by atoms with van der Waals surface area (Å²) in [5.74, 6) is 0.153. The van der Waals surface area contributed by atoms with Gasteiger partial charge in [-0.05, 0) is 32.6 Å². The van der Waals surface area contributed by atoms with Crippen LogP contribution in [0.15, 0.2) is 0 Å². The van der Waals surface area contributed by atoms with Crippen molar-refractivity contribution in [3.8, 4) is 0 Å². The van der Waals surface area contributed by atoms with Gasteiger partial charge in [-0.1, -0.05) is 0 Å². The van der Waals surface area contributed by atoms with Gasteiger partial charge in [0.25, 0.3) is 0 Å². The largest absolute Gasteiger partial charge is 0.378 e. The van der Waals surface area contributed by atoms with Crippen LogP contribution in [-0.4, -0.2) is 30.7 Å². The second-order valence-electron chi connectivity index (χ2n) is 4.68. The van der Waals surface area contributed by atoms with E-state index < -0.39 is 0 Å². The molecule has 4 heteroatoms. The Hall–Kier alpha value is -0.610. The van der Waals surface area contributed by atoms with Gasteiger partial charge < -0.3 is 15.8 Å². The Morgan fingerprint density at radius 2 is 2.20 bits per heavy atom. The molecule has 1 aliphatic heterocycles. The maximum absolute atomic E-state index is 11.9. The van der Waals surface area contributed by atoms with Gasteiger partial charge in [0.15, 0.2) is 0 Å². The van der Waals surface area contributed by atoms with Crippen molar-refractivity contribution < 1.29 is 9.53 Å². The highest BCUT2D eigenvalue weighted by atomic mass is 16.5. The molecule has 0 aromatic heterocycles. The average molecular weight is 212 g/mol. The number of rotatable bonds is 2. The first kappa shape index (κ1) is 10.9. The molecule has 2 rings (SSSR count). The summed E-state index contributed by atoms with van der Waals surface area (Å²) in [6.07, 6.45) is 4.08. The predicted molar refractivity (Wildman–Crippen MR) is 57.3 cm³/mol. The molecule has 0 aromatic carbocycles. The van der Waals surface area contributed by atoms with Crippen LogP contribution in [0.5, 0.6) is 0 Å². The topological polar surface area (TPSA) is 64.3 Å². The Morgan fingerprint density at radius 3 is 2.73 bits per heavy atom. The van der Waals surface area contributed by atoms with Gasteiger partial charge in [-0.2, -0.15) is 0 Å². The molecule has 2 aliphatic rings. The van der Waals surface area contributed by atoms with Crippen LogP contribution in [-0.2, 0) is 9.53 Å². The van der Waals surface area contributed by atoms with Crippen molar-refractivity contribution in [2.24, 2.45) is 11.7 Å². The summed E-state index contributed by atoms with van der Waals surface area (Å²) in [5, 5.41) is 3.06. The van der Waals surface area contributed by atoms with E-state index in [9.17, 15) is 4.79 Å². The number of carbonyl (C=O) groups excluding carboxylic acids is 1. The fraction of sp³-hybridized carbons (Fsp3) is 0.909. The summed E-state index contributed by atoms with van der Waals surface area (Å²) < 4.78 is 5.39. The fourth-order valence-electron chi connectivity index (χ4n) is 2.53. The van der Waals surface area contributed by atoms with Crippen molar-refractivity contribution in [2.75, 3.05) is 6.61 Å². The molecule has 15 heavy (non-hydrogen) atoms. The lowest BCUT2D eigenvalue weighted by Gasteiger charge is -2.21. The van der Waals surface area contributed by atoms with Crippen LogP contribution in [0.1, 0.15) is 32.6 Å². The predicted octanol–water partition coefficient (Wildman–Crippen LogP) is 0.407. The van der Waals surface area contributed by atoms with E-state index in [0.717, 1.165) is 25.7 Å². The second-order valence-corrected chi connectivity index (χ2v) is 4.68. The Bertz CT molecular complexity index is 245. The van der Waals surface area contributed by atoms with Crippen LogP contribution in [0.25, 0.3) is 0 Å². The molecule has 1 aliphatic carbocycles. The Balaban J connectivity index is 1.86. The maximum atomic E-state index is 11.9. The third kappa shape index (κ3) is 2.32. The van der Waals surface area contributed by atoms with Gasteiger partial charge in [0.05, 0.1) is 12.0 Å². The summed E-state index contributed by atoms with van der Waals surface area (Å²) in [6, 6.07) is 0.330. The minimum atomic E-state index is 0.0257. The third-order valence-corrected chi connectivity index (χ3v) is 3.61. The number of nitrogens with one attached hydrogen (secondary N) is 1. The molecule has 4 nitrogen and oxygen atoms in total.